The van der Waals surface area contributed by atoms with Crippen LogP contribution in [0.2, 0.25) is 0 Å². The highest BCUT2D eigenvalue weighted by atomic mass is 16.2. The predicted octanol–water partition coefficient (Wildman–Crippen LogP) is 3.29. The lowest BCUT2D eigenvalue weighted by atomic mass is 9.93. The monoisotopic (exact) mass is 446 g/mol. The molecule has 1 atom stereocenters. The summed E-state index contributed by atoms with van der Waals surface area (Å²) in [5.74, 6) is 0.353. The van der Waals surface area contributed by atoms with Gasteiger partial charge in [0.1, 0.15) is 5.56 Å². The van der Waals surface area contributed by atoms with E-state index in [0.29, 0.717) is 18.1 Å². The highest BCUT2D eigenvalue weighted by Gasteiger charge is 2.34. The maximum Gasteiger partial charge on any atom is 0.263 e. The van der Waals surface area contributed by atoms with E-state index in [4.69, 9.17) is 4.98 Å². The van der Waals surface area contributed by atoms with Crippen LogP contribution in [0.3, 0.4) is 0 Å². The molecule has 0 aliphatic carbocycles. The van der Waals surface area contributed by atoms with Crippen molar-refractivity contribution >= 4 is 11.9 Å². The lowest BCUT2D eigenvalue weighted by Gasteiger charge is -2.36. The second-order valence-electron chi connectivity index (χ2n) is 8.82. The van der Waals surface area contributed by atoms with Gasteiger partial charge >= 0.3 is 0 Å². The van der Waals surface area contributed by atoms with Crippen molar-refractivity contribution in [1.29, 1.82) is 0 Å². The molecule has 1 fully saturated rings. The molecule has 0 radical (unpaired) electrons. The summed E-state index contributed by atoms with van der Waals surface area (Å²) in [5.41, 5.74) is 4.14. The number of carbonyl (C=O) groups excluding carboxylic acids is 1. The molecular weight excluding hydrogens is 416 g/mol. The highest BCUT2D eigenvalue weighted by Crippen LogP contribution is 2.37. The summed E-state index contributed by atoms with van der Waals surface area (Å²) in [6.45, 7) is 4.28. The van der Waals surface area contributed by atoms with E-state index < -0.39 is 0 Å². The predicted molar refractivity (Wildman–Crippen MR) is 128 cm³/mol. The third-order valence-corrected chi connectivity index (χ3v) is 6.36. The summed E-state index contributed by atoms with van der Waals surface area (Å²) in [5, 5.41) is 0. The first-order valence-electron chi connectivity index (χ1n) is 11.2. The summed E-state index contributed by atoms with van der Waals surface area (Å²) < 4.78 is 1.54. The summed E-state index contributed by atoms with van der Waals surface area (Å²) in [4.78, 5) is 44.1. The molecule has 0 unspecified atom stereocenters. The molecule has 8 heteroatoms. The van der Waals surface area contributed by atoms with E-state index in [1.807, 2.05) is 62.1 Å². The number of piperidine rings is 1. The number of nitrogens with zero attached hydrogens (tertiary/aromatic N) is 6. The molecule has 1 amide bonds. The van der Waals surface area contributed by atoms with Gasteiger partial charge in [-0.3, -0.25) is 14.6 Å². The Bertz CT molecular complexity index is 1240. The Balaban J connectivity index is 1.85. The van der Waals surface area contributed by atoms with Crippen LogP contribution in [0.15, 0.2) is 41.6 Å². The van der Waals surface area contributed by atoms with Crippen molar-refractivity contribution in [1.82, 2.24) is 24.4 Å². The van der Waals surface area contributed by atoms with Gasteiger partial charge in [-0.2, -0.15) is 0 Å². The average molecular weight is 447 g/mol. The number of carbonyl (C=O) groups is 1. The minimum atomic E-state index is -0.257. The van der Waals surface area contributed by atoms with Crippen LogP contribution in [0.25, 0.3) is 11.1 Å². The van der Waals surface area contributed by atoms with Gasteiger partial charge in [-0.15, -0.1) is 0 Å². The van der Waals surface area contributed by atoms with Crippen LogP contribution in [0.5, 0.6) is 0 Å². The third kappa shape index (κ3) is 4.25. The largest absolute Gasteiger partial charge is 0.347 e. The Morgan fingerprint density at radius 1 is 1.15 bits per heavy atom. The second kappa shape index (κ2) is 9.13. The molecule has 3 aromatic heterocycles. The van der Waals surface area contributed by atoms with Crippen LogP contribution in [-0.4, -0.2) is 51.0 Å². The van der Waals surface area contributed by atoms with Gasteiger partial charge in [0.25, 0.3) is 11.5 Å². The Kier molecular flexibility index (Phi) is 6.26. The zero-order valence-corrected chi connectivity index (χ0v) is 19.9. The standard InChI is InChI=1S/C25H30N6O2/c1-16-14-17(2)30(5)23(32)21(16)24(33)31-13-7-6-8-20(31)22-19(18-9-11-26-12-10-18)15-27-25(28-22)29(3)4/h9-12,14-15,20H,6-8,13H2,1-5H3/t20-/m1/s1. The molecule has 1 aliphatic rings. The van der Waals surface area contributed by atoms with Gasteiger partial charge < -0.3 is 14.4 Å². The fraction of sp³-hybridized carbons (Fsp3) is 0.400. The van der Waals surface area contributed by atoms with Crippen molar-refractivity contribution in [2.75, 3.05) is 25.5 Å². The molecule has 0 spiro atoms. The fourth-order valence-corrected chi connectivity index (χ4v) is 4.45. The number of likely N-dealkylation sites (tertiary alicyclic amines) is 1. The van der Waals surface area contributed by atoms with Crippen LogP contribution in [-0.2, 0) is 7.05 Å². The Morgan fingerprint density at radius 3 is 2.58 bits per heavy atom. The highest BCUT2D eigenvalue weighted by molar-refractivity contribution is 5.95. The zero-order valence-electron chi connectivity index (χ0n) is 19.9. The van der Waals surface area contributed by atoms with Crippen molar-refractivity contribution in [3.8, 4) is 11.1 Å². The molecule has 1 saturated heterocycles. The SMILES string of the molecule is Cc1cc(C)n(C)c(=O)c1C(=O)N1CCCC[C@@H]1c1nc(N(C)C)ncc1-c1ccncc1. The smallest absolute Gasteiger partial charge is 0.263 e. The Labute approximate surface area is 193 Å². The van der Waals surface area contributed by atoms with Crippen LogP contribution in [0.4, 0.5) is 5.95 Å². The van der Waals surface area contributed by atoms with E-state index in [2.05, 4.69) is 9.97 Å². The van der Waals surface area contributed by atoms with Gasteiger partial charge in [-0.25, -0.2) is 9.97 Å². The molecule has 8 nitrogen and oxygen atoms in total. The molecular formula is C25H30N6O2. The first-order valence-corrected chi connectivity index (χ1v) is 11.2. The van der Waals surface area contributed by atoms with Gasteiger partial charge in [0.15, 0.2) is 0 Å². The van der Waals surface area contributed by atoms with Gasteiger partial charge in [0, 0.05) is 57.5 Å². The summed E-state index contributed by atoms with van der Waals surface area (Å²) in [7, 11) is 5.50. The van der Waals surface area contributed by atoms with E-state index in [1.165, 1.54) is 4.57 Å². The van der Waals surface area contributed by atoms with E-state index in [9.17, 15) is 9.59 Å². The number of rotatable bonds is 4. The van der Waals surface area contributed by atoms with E-state index in [1.54, 1.807) is 19.4 Å². The third-order valence-electron chi connectivity index (χ3n) is 6.36. The summed E-state index contributed by atoms with van der Waals surface area (Å²) >= 11 is 0. The molecule has 4 rings (SSSR count). The number of amides is 1. The summed E-state index contributed by atoms with van der Waals surface area (Å²) in [6.07, 6.45) is 7.95. The maximum absolute atomic E-state index is 13.8. The molecule has 1 aliphatic heterocycles. The number of hydrogen-bond donors (Lipinski definition) is 0. The quantitative estimate of drug-likeness (QED) is 0.612. The number of anilines is 1. The Morgan fingerprint density at radius 2 is 1.88 bits per heavy atom. The fourth-order valence-electron chi connectivity index (χ4n) is 4.45. The first kappa shape index (κ1) is 22.6. The number of pyridine rings is 2. The van der Waals surface area contributed by atoms with Crippen molar-refractivity contribution in [2.24, 2.45) is 7.05 Å². The van der Waals surface area contributed by atoms with Crippen molar-refractivity contribution in [3.05, 3.63) is 69.7 Å². The van der Waals surface area contributed by atoms with Crippen molar-refractivity contribution in [2.45, 2.75) is 39.2 Å². The van der Waals surface area contributed by atoms with E-state index in [0.717, 1.165) is 41.8 Å². The van der Waals surface area contributed by atoms with Crippen LogP contribution in [0, 0.1) is 13.8 Å². The molecule has 0 N–H and O–H groups in total. The zero-order chi connectivity index (χ0) is 23.7. The van der Waals surface area contributed by atoms with Crippen LogP contribution in [0.1, 0.15) is 52.6 Å². The molecule has 0 bridgehead atoms. The molecule has 3 aromatic rings. The average Bonchev–Trinajstić information content (AvgIpc) is 2.82. The topological polar surface area (TPSA) is 84.2 Å². The first-order chi connectivity index (χ1) is 15.8. The molecule has 0 aromatic carbocycles. The van der Waals surface area contributed by atoms with E-state index in [-0.39, 0.29) is 23.1 Å². The molecule has 0 saturated carbocycles. The van der Waals surface area contributed by atoms with Crippen LogP contribution < -0.4 is 10.5 Å². The normalized spacial score (nSPS) is 16.0. The minimum Gasteiger partial charge on any atom is -0.347 e. The Hall–Kier alpha value is -3.55. The van der Waals surface area contributed by atoms with Crippen LogP contribution >= 0.6 is 0 Å². The molecule has 33 heavy (non-hydrogen) atoms. The molecule has 172 valence electrons. The number of aryl methyl sites for hydroxylation is 2. The van der Waals surface area contributed by atoms with Gasteiger partial charge in [-0.05, 0) is 62.4 Å². The van der Waals surface area contributed by atoms with Gasteiger partial charge in [0.05, 0.1) is 11.7 Å². The van der Waals surface area contributed by atoms with Crippen molar-refractivity contribution < 1.29 is 4.79 Å². The maximum atomic E-state index is 13.8. The van der Waals surface area contributed by atoms with E-state index >= 15 is 0 Å². The second-order valence-corrected chi connectivity index (χ2v) is 8.82. The number of aromatic nitrogens is 4. The number of hydrogen-bond acceptors (Lipinski definition) is 6. The summed E-state index contributed by atoms with van der Waals surface area (Å²) in [6, 6.07) is 5.49. The van der Waals surface area contributed by atoms with Gasteiger partial charge in [0.2, 0.25) is 5.95 Å². The van der Waals surface area contributed by atoms with Crippen molar-refractivity contribution in [3.63, 3.8) is 0 Å². The van der Waals surface area contributed by atoms with Gasteiger partial charge in [-0.1, -0.05) is 0 Å². The lowest BCUT2D eigenvalue weighted by molar-refractivity contribution is 0.0603. The lowest BCUT2D eigenvalue weighted by Crippen LogP contribution is -2.42. The minimum absolute atomic E-state index is 0.233. The molecule has 4 heterocycles.